The summed E-state index contributed by atoms with van der Waals surface area (Å²) < 4.78 is 1.31. The molecule has 1 aromatic heterocycles. The fourth-order valence-electron chi connectivity index (χ4n) is 7.94. The van der Waals surface area contributed by atoms with Crippen molar-refractivity contribution < 1.29 is 0 Å². The molecule has 2 heteroatoms. The minimum absolute atomic E-state index is 0.0113. The van der Waals surface area contributed by atoms with E-state index in [0.717, 1.165) is 6.54 Å². The van der Waals surface area contributed by atoms with Crippen molar-refractivity contribution in [2.45, 2.75) is 31.8 Å². The van der Waals surface area contributed by atoms with Crippen molar-refractivity contribution in [2.75, 3.05) is 0 Å². The lowest BCUT2D eigenvalue weighted by atomic mass is 9.81. The number of thiophene rings is 1. The molecule has 0 bridgehead atoms. The van der Waals surface area contributed by atoms with E-state index in [-0.39, 0.29) is 11.5 Å². The molecule has 0 radical (unpaired) electrons. The first-order chi connectivity index (χ1) is 25.0. The standard InChI is InChI=1S/C49H39NS/c1-49(2)43-24-13-23-39(48(43)42-29-35-17-6-7-18-36(35)30-44(42)49)37-20-12-16-33(28-37)26-27-45(50-32-34-14-4-3-5-15-34)40-21-9-10-22-41(40)47-31-38-19-8-11-25-46(38)51-47/h3-31,45,50H,32H2,1-2H3/b27-26+. The van der Waals surface area contributed by atoms with E-state index in [2.05, 4.69) is 195 Å². The Bertz CT molecular complexity index is 2540. The maximum absolute atomic E-state index is 3.90. The van der Waals surface area contributed by atoms with Crippen LogP contribution in [0.3, 0.4) is 0 Å². The van der Waals surface area contributed by atoms with Crippen molar-refractivity contribution in [3.63, 3.8) is 0 Å². The van der Waals surface area contributed by atoms with E-state index >= 15 is 0 Å². The normalized spacial score (nSPS) is 13.8. The van der Waals surface area contributed by atoms with Crippen LogP contribution in [0.15, 0.2) is 170 Å². The molecule has 1 unspecified atom stereocenters. The quantitative estimate of drug-likeness (QED) is 0.169. The molecule has 51 heavy (non-hydrogen) atoms. The molecule has 1 N–H and O–H groups in total. The second-order valence-electron chi connectivity index (χ2n) is 14.2. The summed E-state index contributed by atoms with van der Waals surface area (Å²) in [7, 11) is 0. The predicted octanol–water partition coefficient (Wildman–Crippen LogP) is 13.2. The lowest BCUT2D eigenvalue weighted by Gasteiger charge is -2.22. The van der Waals surface area contributed by atoms with Gasteiger partial charge in [0.2, 0.25) is 0 Å². The van der Waals surface area contributed by atoms with E-state index in [1.54, 1.807) is 0 Å². The Kier molecular flexibility index (Phi) is 8.00. The molecule has 0 aliphatic heterocycles. The van der Waals surface area contributed by atoms with Gasteiger partial charge >= 0.3 is 0 Å². The summed E-state index contributed by atoms with van der Waals surface area (Å²) in [5.41, 5.74) is 13.0. The molecule has 9 rings (SSSR count). The van der Waals surface area contributed by atoms with Gasteiger partial charge in [-0.2, -0.15) is 0 Å². The molecule has 0 saturated heterocycles. The van der Waals surface area contributed by atoms with E-state index in [4.69, 9.17) is 0 Å². The van der Waals surface area contributed by atoms with Crippen molar-refractivity contribution >= 4 is 38.3 Å². The van der Waals surface area contributed by atoms with E-state index in [9.17, 15) is 0 Å². The van der Waals surface area contributed by atoms with Gasteiger partial charge in [0.15, 0.2) is 0 Å². The molecular formula is C49H39NS. The molecule has 0 saturated carbocycles. The summed E-state index contributed by atoms with van der Waals surface area (Å²) in [5, 5.41) is 7.78. The van der Waals surface area contributed by atoms with Crippen LogP contribution in [0.25, 0.3) is 59.6 Å². The Morgan fingerprint density at radius 2 is 1.29 bits per heavy atom. The third-order valence-corrected chi connectivity index (χ3v) is 11.8. The molecule has 246 valence electrons. The molecule has 0 spiro atoms. The molecule has 1 nitrogen and oxygen atoms in total. The molecular weight excluding hydrogens is 635 g/mol. The number of benzene rings is 7. The predicted molar refractivity (Wildman–Crippen MR) is 219 cm³/mol. The van der Waals surface area contributed by atoms with Crippen LogP contribution in [-0.2, 0) is 12.0 Å². The molecule has 0 amide bonds. The van der Waals surface area contributed by atoms with Crippen molar-refractivity contribution in [1.29, 1.82) is 0 Å². The van der Waals surface area contributed by atoms with Crippen molar-refractivity contribution in [3.05, 3.63) is 198 Å². The number of hydrogen-bond donors (Lipinski definition) is 1. The highest BCUT2D eigenvalue weighted by Gasteiger charge is 2.37. The highest BCUT2D eigenvalue weighted by Crippen LogP contribution is 2.53. The number of nitrogens with one attached hydrogen (secondary N) is 1. The SMILES string of the molecule is CC1(C)c2cc3ccccc3cc2-c2c(-c3cccc(/C=C/C(NCc4ccccc4)c4ccccc4-c4cc5ccccc5s4)c3)cccc21. The van der Waals surface area contributed by atoms with Crippen LogP contribution in [0.5, 0.6) is 0 Å². The van der Waals surface area contributed by atoms with Gasteiger partial charge in [-0.1, -0.05) is 159 Å². The van der Waals surface area contributed by atoms with Crippen molar-refractivity contribution in [1.82, 2.24) is 5.32 Å². The van der Waals surface area contributed by atoms with Gasteiger partial charge in [0, 0.05) is 21.5 Å². The van der Waals surface area contributed by atoms with Crippen LogP contribution < -0.4 is 5.32 Å². The van der Waals surface area contributed by atoms with Crippen LogP contribution in [0, 0.1) is 0 Å². The zero-order valence-corrected chi connectivity index (χ0v) is 29.8. The summed E-state index contributed by atoms with van der Waals surface area (Å²) in [6.07, 6.45) is 4.64. The Balaban J connectivity index is 1.10. The van der Waals surface area contributed by atoms with Gasteiger partial charge in [-0.3, -0.25) is 0 Å². The zero-order chi connectivity index (χ0) is 34.4. The average molecular weight is 674 g/mol. The molecule has 1 atom stereocenters. The molecule has 8 aromatic rings. The molecule has 1 aliphatic rings. The van der Waals surface area contributed by atoms with Crippen LogP contribution in [0.2, 0.25) is 0 Å². The topological polar surface area (TPSA) is 12.0 Å². The first kappa shape index (κ1) is 31.4. The highest BCUT2D eigenvalue weighted by molar-refractivity contribution is 7.22. The Hall–Kier alpha value is -5.54. The van der Waals surface area contributed by atoms with Gasteiger partial charge in [0.05, 0.1) is 6.04 Å². The summed E-state index contributed by atoms with van der Waals surface area (Å²) >= 11 is 1.86. The van der Waals surface area contributed by atoms with Gasteiger partial charge in [-0.25, -0.2) is 0 Å². The number of hydrogen-bond acceptors (Lipinski definition) is 2. The summed E-state index contributed by atoms with van der Waals surface area (Å²) in [4.78, 5) is 1.29. The van der Waals surface area contributed by atoms with Gasteiger partial charge in [0.1, 0.15) is 0 Å². The minimum atomic E-state index is -0.0678. The maximum atomic E-state index is 3.90. The Labute approximate surface area is 304 Å². The van der Waals surface area contributed by atoms with Gasteiger partial charge in [0.25, 0.3) is 0 Å². The van der Waals surface area contributed by atoms with E-state index in [1.165, 1.54) is 81.4 Å². The minimum Gasteiger partial charge on any atom is -0.303 e. The fourth-order valence-corrected chi connectivity index (χ4v) is 9.05. The van der Waals surface area contributed by atoms with Crippen LogP contribution in [0.4, 0.5) is 0 Å². The molecule has 1 aliphatic carbocycles. The Morgan fingerprint density at radius 1 is 0.588 bits per heavy atom. The van der Waals surface area contributed by atoms with Crippen molar-refractivity contribution in [3.8, 4) is 32.7 Å². The smallest absolute Gasteiger partial charge is 0.0518 e. The summed E-state index contributed by atoms with van der Waals surface area (Å²) in [6.45, 7) is 5.51. The first-order valence-corrected chi connectivity index (χ1v) is 18.7. The fraction of sp³-hybridized carbons (Fsp3) is 0.102. The van der Waals surface area contributed by atoms with E-state index in [0.29, 0.717) is 0 Å². The van der Waals surface area contributed by atoms with Crippen LogP contribution in [0.1, 0.15) is 47.7 Å². The van der Waals surface area contributed by atoms with E-state index in [1.807, 2.05) is 11.3 Å². The average Bonchev–Trinajstić information content (AvgIpc) is 3.71. The van der Waals surface area contributed by atoms with Gasteiger partial charge < -0.3 is 5.32 Å². The van der Waals surface area contributed by atoms with E-state index < -0.39 is 0 Å². The van der Waals surface area contributed by atoms with Crippen LogP contribution >= 0.6 is 11.3 Å². The van der Waals surface area contributed by atoms with Crippen molar-refractivity contribution in [2.24, 2.45) is 0 Å². The number of fused-ring (bicyclic) bond motifs is 5. The zero-order valence-electron chi connectivity index (χ0n) is 28.9. The second-order valence-corrected chi connectivity index (χ2v) is 15.2. The molecule has 1 heterocycles. The summed E-state index contributed by atoms with van der Waals surface area (Å²) in [5.74, 6) is 0. The third kappa shape index (κ3) is 5.81. The van der Waals surface area contributed by atoms with Gasteiger partial charge in [-0.15, -0.1) is 11.3 Å². The number of rotatable bonds is 8. The third-order valence-electron chi connectivity index (χ3n) is 10.6. The van der Waals surface area contributed by atoms with Crippen LogP contribution in [-0.4, -0.2) is 0 Å². The lowest BCUT2D eigenvalue weighted by molar-refractivity contribution is 0.624. The second kappa shape index (κ2) is 13.0. The largest absolute Gasteiger partial charge is 0.303 e. The maximum Gasteiger partial charge on any atom is 0.0518 e. The van der Waals surface area contributed by atoms with Gasteiger partial charge in [-0.05, 0) is 102 Å². The molecule has 0 fully saturated rings. The summed E-state index contributed by atoms with van der Waals surface area (Å²) in [6, 6.07) is 60.0. The highest BCUT2D eigenvalue weighted by atomic mass is 32.1. The lowest BCUT2D eigenvalue weighted by Crippen LogP contribution is -2.19. The Morgan fingerprint density at radius 3 is 2.14 bits per heavy atom. The molecule has 7 aromatic carbocycles. The monoisotopic (exact) mass is 673 g/mol. The first-order valence-electron chi connectivity index (χ1n) is 17.8.